The lowest BCUT2D eigenvalue weighted by molar-refractivity contribution is -0.144. The predicted molar refractivity (Wildman–Crippen MR) is 89.0 cm³/mol. The molecule has 0 radical (unpaired) electrons. The number of esters is 1. The zero-order chi connectivity index (χ0) is 17.2. The van der Waals surface area contributed by atoms with E-state index in [-0.39, 0.29) is 30.6 Å². The van der Waals surface area contributed by atoms with Crippen LogP contribution in [0.2, 0.25) is 0 Å². The molecule has 0 atom stereocenters. The molecule has 1 aromatic carbocycles. The molecule has 0 spiro atoms. The number of hydrogen-bond donors (Lipinski definition) is 2. The van der Waals surface area contributed by atoms with E-state index >= 15 is 0 Å². The summed E-state index contributed by atoms with van der Waals surface area (Å²) in [5.74, 6) is -0.375. The number of carbonyl (C=O) groups excluding carboxylic acids is 3. The summed E-state index contributed by atoms with van der Waals surface area (Å²) in [6, 6.07) is 6.85. The third-order valence-corrected chi connectivity index (χ3v) is 2.91. The van der Waals surface area contributed by atoms with Crippen molar-refractivity contribution in [3.05, 3.63) is 24.3 Å². The number of hydrogen-bond acceptors (Lipinski definition) is 4. The van der Waals surface area contributed by atoms with E-state index in [4.69, 9.17) is 4.74 Å². The number of nitrogens with one attached hydrogen (secondary N) is 2. The van der Waals surface area contributed by atoms with E-state index in [9.17, 15) is 14.4 Å². The van der Waals surface area contributed by atoms with Gasteiger partial charge in [0.25, 0.3) is 0 Å². The van der Waals surface area contributed by atoms with Gasteiger partial charge < -0.3 is 15.4 Å². The molecule has 0 aliphatic rings. The SMILES string of the molecule is CCOC(=O)CCC(=O)Nc1ccc(NC(=O)CC(C)C)cc1. The molecule has 1 aromatic rings. The van der Waals surface area contributed by atoms with Crippen LogP contribution in [0.5, 0.6) is 0 Å². The van der Waals surface area contributed by atoms with Gasteiger partial charge in [-0.05, 0) is 37.1 Å². The maximum Gasteiger partial charge on any atom is 0.306 e. The summed E-state index contributed by atoms with van der Waals surface area (Å²) >= 11 is 0. The zero-order valence-corrected chi connectivity index (χ0v) is 13.8. The third kappa shape index (κ3) is 7.99. The highest BCUT2D eigenvalue weighted by molar-refractivity contribution is 5.94. The minimum Gasteiger partial charge on any atom is -0.466 e. The van der Waals surface area contributed by atoms with Crippen molar-refractivity contribution < 1.29 is 19.1 Å². The van der Waals surface area contributed by atoms with E-state index in [1.54, 1.807) is 31.2 Å². The number of anilines is 2. The molecule has 0 bridgehead atoms. The van der Waals surface area contributed by atoms with Crippen molar-refractivity contribution in [2.75, 3.05) is 17.2 Å². The number of benzene rings is 1. The van der Waals surface area contributed by atoms with Gasteiger partial charge in [-0.25, -0.2) is 0 Å². The molecule has 2 amide bonds. The standard InChI is InChI=1S/C17H24N2O4/c1-4-23-17(22)10-9-15(20)18-13-5-7-14(8-6-13)19-16(21)11-12(2)3/h5-8,12H,4,9-11H2,1-3H3,(H,18,20)(H,19,21). The van der Waals surface area contributed by atoms with Crippen LogP contribution in [0.1, 0.15) is 40.0 Å². The average Bonchev–Trinajstić information content (AvgIpc) is 2.47. The molecule has 0 heterocycles. The monoisotopic (exact) mass is 320 g/mol. The molecule has 0 saturated heterocycles. The van der Waals surface area contributed by atoms with Crippen LogP contribution in [0.15, 0.2) is 24.3 Å². The Bertz CT molecular complexity index is 538. The molecule has 6 nitrogen and oxygen atoms in total. The second-order valence-electron chi connectivity index (χ2n) is 5.58. The molecule has 0 fully saturated rings. The van der Waals surface area contributed by atoms with Gasteiger partial charge in [0.2, 0.25) is 11.8 Å². The average molecular weight is 320 g/mol. The van der Waals surface area contributed by atoms with Gasteiger partial charge in [0.1, 0.15) is 0 Å². The first-order chi connectivity index (χ1) is 10.9. The molecule has 6 heteroatoms. The lowest BCUT2D eigenvalue weighted by Crippen LogP contribution is -2.15. The van der Waals surface area contributed by atoms with Crippen LogP contribution >= 0.6 is 0 Å². The van der Waals surface area contributed by atoms with E-state index in [0.717, 1.165) is 0 Å². The van der Waals surface area contributed by atoms with Crippen molar-refractivity contribution in [3.63, 3.8) is 0 Å². The Hall–Kier alpha value is -2.37. The molecule has 0 saturated carbocycles. The Kier molecular flexibility index (Phi) is 7.80. The predicted octanol–water partition coefficient (Wildman–Crippen LogP) is 2.95. The fourth-order valence-corrected chi connectivity index (χ4v) is 1.89. The van der Waals surface area contributed by atoms with Gasteiger partial charge in [-0.1, -0.05) is 13.8 Å². The highest BCUT2D eigenvalue weighted by Gasteiger charge is 2.08. The first kappa shape index (κ1) is 18.7. The molecular formula is C17H24N2O4. The molecular weight excluding hydrogens is 296 g/mol. The van der Waals surface area contributed by atoms with Crippen LogP contribution < -0.4 is 10.6 Å². The maximum absolute atomic E-state index is 11.7. The summed E-state index contributed by atoms with van der Waals surface area (Å²) in [4.78, 5) is 34.6. The van der Waals surface area contributed by atoms with Crippen LogP contribution in [0.3, 0.4) is 0 Å². The molecule has 23 heavy (non-hydrogen) atoms. The first-order valence-electron chi connectivity index (χ1n) is 7.76. The van der Waals surface area contributed by atoms with E-state index in [1.165, 1.54) is 0 Å². The van der Waals surface area contributed by atoms with Crippen molar-refractivity contribution in [2.24, 2.45) is 5.92 Å². The number of amides is 2. The van der Waals surface area contributed by atoms with Gasteiger partial charge in [-0.2, -0.15) is 0 Å². The Morgan fingerprint density at radius 1 is 0.957 bits per heavy atom. The quantitative estimate of drug-likeness (QED) is 0.721. The largest absolute Gasteiger partial charge is 0.466 e. The van der Waals surface area contributed by atoms with Crippen molar-refractivity contribution in [2.45, 2.75) is 40.0 Å². The van der Waals surface area contributed by atoms with Crippen LogP contribution in [0.25, 0.3) is 0 Å². The summed E-state index contributed by atoms with van der Waals surface area (Å²) in [5, 5.41) is 5.49. The van der Waals surface area contributed by atoms with E-state index < -0.39 is 0 Å². The van der Waals surface area contributed by atoms with Crippen LogP contribution in [-0.4, -0.2) is 24.4 Å². The Morgan fingerprint density at radius 3 is 1.96 bits per heavy atom. The summed E-state index contributed by atoms with van der Waals surface area (Å²) in [6.07, 6.45) is 0.598. The van der Waals surface area contributed by atoms with Gasteiger partial charge in [-0.3, -0.25) is 14.4 Å². The smallest absolute Gasteiger partial charge is 0.306 e. The molecule has 0 aliphatic heterocycles. The fraction of sp³-hybridized carbons (Fsp3) is 0.471. The van der Waals surface area contributed by atoms with Gasteiger partial charge in [0, 0.05) is 24.2 Å². The molecule has 0 aromatic heterocycles. The van der Waals surface area contributed by atoms with Gasteiger partial charge in [0.15, 0.2) is 0 Å². The molecule has 126 valence electrons. The highest BCUT2D eigenvalue weighted by atomic mass is 16.5. The van der Waals surface area contributed by atoms with Crippen molar-refractivity contribution in [3.8, 4) is 0 Å². The summed E-state index contributed by atoms with van der Waals surface area (Å²) in [5.41, 5.74) is 1.29. The summed E-state index contributed by atoms with van der Waals surface area (Å²) in [7, 11) is 0. The van der Waals surface area contributed by atoms with E-state index in [2.05, 4.69) is 10.6 Å². The summed E-state index contributed by atoms with van der Waals surface area (Å²) < 4.78 is 4.76. The topological polar surface area (TPSA) is 84.5 Å². The zero-order valence-electron chi connectivity index (χ0n) is 13.8. The van der Waals surface area contributed by atoms with Crippen molar-refractivity contribution in [1.29, 1.82) is 0 Å². The van der Waals surface area contributed by atoms with Gasteiger partial charge in [-0.15, -0.1) is 0 Å². The minimum atomic E-state index is -0.383. The first-order valence-corrected chi connectivity index (χ1v) is 7.76. The molecule has 0 aliphatic carbocycles. The Balaban J connectivity index is 2.43. The van der Waals surface area contributed by atoms with Crippen LogP contribution in [0, 0.1) is 5.92 Å². The van der Waals surface area contributed by atoms with Crippen molar-refractivity contribution >= 4 is 29.2 Å². The molecule has 0 unspecified atom stereocenters. The second-order valence-corrected chi connectivity index (χ2v) is 5.58. The molecule has 2 N–H and O–H groups in total. The van der Waals surface area contributed by atoms with Crippen LogP contribution in [-0.2, 0) is 19.1 Å². The highest BCUT2D eigenvalue weighted by Crippen LogP contribution is 2.15. The van der Waals surface area contributed by atoms with Gasteiger partial charge >= 0.3 is 5.97 Å². The molecule has 1 rings (SSSR count). The minimum absolute atomic E-state index is 0.0359. The maximum atomic E-state index is 11.7. The van der Waals surface area contributed by atoms with E-state index in [0.29, 0.717) is 30.3 Å². The second kappa shape index (κ2) is 9.61. The number of rotatable bonds is 8. The van der Waals surface area contributed by atoms with Crippen LogP contribution in [0.4, 0.5) is 11.4 Å². The lowest BCUT2D eigenvalue weighted by Gasteiger charge is -2.09. The number of ether oxygens (including phenoxy) is 1. The summed E-state index contributed by atoms with van der Waals surface area (Å²) in [6.45, 7) is 5.99. The van der Waals surface area contributed by atoms with Gasteiger partial charge in [0.05, 0.1) is 13.0 Å². The van der Waals surface area contributed by atoms with Crippen molar-refractivity contribution in [1.82, 2.24) is 0 Å². The Morgan fingerprint density at radius 2 is 1.48 bits per heavy atom. The lowest BCUT2D eigenvalue weighted by atomic mass is 10.1. The fourth-order valence-electron chi connectivity index (χ4n) is 1.89. The Labute approximate surface area is 136 Å². The van der Waals surface area contributed by atoms with E-state index in [1.807, 2.05) is 13.8 Å². The third-order valence-electron chi connectivity index (χ3n) is 2.91. The normalized spacial score (nSPS) is 10.3. The number of carbonyl (C=O) groups is 3.